The molecule has 1 aromatic rings. The first-order valence-corrected chi connectivity index (χ1v) is 6.83. The quantitative estimate of drug-likeness (QED) is 0.650. The third kappa shape index (κ3) is 2.35. The van der Waals surface area contributed by atoms with Crippen molar-refractivity contribution in [1.82, 2.24) is 10.4 Å². The molecule has 20 heavy (non-hydrogen) atoms. The Kier molecular flexibility index (Phi) is 3.67. The molecule has 1 aliphatic rings. The van der Waals surface area contributed by atoms with Gasteiger partial charge < -0.3 is 10.5 Å². The summed E-state index contributed by atoms with van der Waals surface area (Å²) < 4.78 is 0. The van der Waals surface area contributed by atoms with Gasteiger partial charge in [0, 0.05) is 5.56 Å². The fourth-order valence-corrected chi connectivity index (χ4v) is 2.86. The van der Waals surface area contributed by atoms with E-state index >= 15 is 0 Å². The number of carbonyl (C=O) groups is 1. The van der Waals surface area contributed by atoms with E-state index in [1.165, 1.54) is 5.06 Å². The summed E-state index contributed by atoms with van der Waals surface area (Å²) in [6.45, 7) is 7.26. The minimum absolute atomic E-state index is 0.103. The molecule has 4 nitrogen and oxygen atoms in total. The van der Waals surface area contributed by atoms with Crippen molar-refractivity contribution in [2.24, 2.45) is 0 Å². The molecular formula is C15H19ClN2O2. The molecule has 5 heteroatoms. The van der Waals surface area contributed by atoms with Crippen LogP contribution in [0.1, 0.15) is 38.1 Å². The first-order chi connectivity index (χ1) is 9.18. The molecule has 0 saturated carbocycles. The zero-order valence-electron chi connectivity index (χ0n) is 12.1. The molecule has 108 valence electrons. The number of ketones is 1. The fourth-order valence-electron chi connectivity index (χ4n) is 2.47. The van der Waals surface area contributed by atoms with Crippen molar-refractivity contribution in [2.75, 3.05) is 0 Å². The Bertz CT molecular complexity index is 564. The summed E-state index contributed by atoms with van der Waals surface area (Å²) in [7, 11) is 0. The number of carbonyl (C=O) groups excluding carboxylic acids is 1. The summed E-state index contributed by atoms with van der Waals surface area (Å²) in [6, 6.07) is 8.85. The first-order valence-electron chi connectivity index (χ1n) is 6.45. The summed E-state index contributed by atoms with van der Waals surface area (Å²) >= 11 is 6.28. The molecule has 0 spiro atoms. The Labute approximate surface area is 124 Å². The van der Waals surface area contributed by atoms with Crippen LogP contribution in [0.3, 0.4) is 0 Å². The molecule has 2 rings (SSSR count). The number of hydroxylamine groups is 2. The van der Waals surface area contributed by atoms with Crippen molar-refractivity contribution in [2.45, 2.75) is 38.9 Å². The molecule has 0 unspecified atom stereocenters. The second-order valence-corrected chi connectivity index (χ2v) is 6.32. The van der Waals surface area contributed by atoms with Crippen LogP contribution in [0, 0.1) is 0 Å². The summed E-state index contributed by atoms with van der Waals surface area (Å²) in [6.07, 6.45) is 0. The predicted molar refractivity (Wildman–Crippen MR) is 78.6 cm³/mol. The summed E-state index contributed by atoms with van der Waals surface area (Å²) in [5.74, 6) is -0.256. The number of Topliss-reactive ketones (excluding diaryl/α,β-unsaturated/α-hetero) is 1. The zero-order valence-corrected chi connectivity index (χ0v) is 12.8. The van der Waals surface area contributed by atoms with Crippen LogP contribution in [-0.2, 0) is 0 Å². The Balaban J connectivity index is 2.45. The lowest BCUT2D eigenvalue weighted by molar-refractivity contribution is -0.191. The normalized spacial score (nSPS) is 23.3. The van der Waals surface area contributed by atoms with E-state index in [0.29, 0.717) is 11.3 Å². The minimum atomic E-state index is -0.759. The Morgan fingerprint density at radius 3 is 2.20 bits per heavy atom. The summed E-state index contributed by atoms with van der Waals surface area (Å²) in [5, 5.41) is 14.6. The van der Waals surface area contributed by atoms with Crippen molar-refractivity contribution in [1.29, 1.82) is 0 Å². The lowest BCUT2D eigenvalue weighted by Gasteiger charge is -2.32. The molecule has 0 radical (unpaired) electrons. The highest BCUT2D eigenvalue weighted by Gasteiger charge is 2.49. The van der Waals surface area contributed by atoms with E-state index in [1.807, 2.05) is 33.8 Å². The molecular weight excluding hydrogens is 276 g/mol. The number of nitrogens with zero attached hydrogens (tertiary/aromatic N) is 1. The number of hydrogen-bond donors (Lipinski definition) is 2. The molecule has 0 amide bonds. The molecule has 1 aromatic carbocycles. The number of nitrogens with one attached hydrogen (secondary N) is 1. The van der Waals surface area contributed by atoms with Crippen LogP contribution in [-0.4, -0.2) is 27.3 Å². The molecule has 0 bridgehead atoms. The van der Waals surface area contributed by atoms with Gasteiger partial charge in [-0.3, -0.25) is 4.79 Å². The summed E-state index contributed by atoms with van der Waals surface area (Å²) in [5.41, 5.74) is -0.390. The standard InChI is InChI=1S/C15H19ClN2O2/c1-14(2)13(17-15(3,4)18(14)20)11(16)12(19)10-8-6-5-7-9-10/h5-9,17,20H,1-4H3/b13-11+. The van der Waals surface area contributed by atoms with E-state index < -0.39 is 11.2 Å². The fraction of sp³-hybridized carbons (Fsp3) is 0.400. The van der Waals surface area contributed by atoms with E-state index in [-0.39, 0.29) is 10.8 Å². The van der Waals surface area contributed by atoms with E-state index in [1.54, 1.807) is 24.3 Å². The maximum Gasteiger partial charge on any atom is 0.206 e. The second-order valence-electron chi connectivity index (χ2n) is 5.94. The number of benzene rings is 1. The van der Waals surface area contributed by atoms with Crippen LogP contribution in [0.4, 0.5) is 0 Å². The average Bonchev–Trinajstić information content (AvgIpc) is 2.58. The molecule has 1 saturated heterocycles. The predicted octanol–water partition coefficient (Wildman–Crippen LogP) is 3.13. The maximum absolute atomic E-state index is 12.4. The van der Waals surface area contributed by atoms with Crippen molar-refractivity contribution in [3.8, 4) is 0 Å². The van der Waals surface area contributed by atoms with Gasteiger partial charge in [-0.05, 0) is 27.7 Å². The molecule has 0 aliphatic carbocycles. The highest BCUT2D eigenvalue weighted by atomic mass is 35.5. The van der Waals surface area contributed by atoms with Crippen LogP contribution in [0.5, 0.6) is 0 Å². The number of rotatable bonds is 2. The molecule has 1 heterocycles. The van der Waals surface area contributed by atoms with Crippen LogP contribution < -0.4 is 5.32 Å². The monoisotopic (exact) mass is 294 g/mol. The van der Waals surface area contributed by atoms with Gasteiger partial charge >= 0.3 is 0 Å². The van der Waals surface area contributed by atoms with Gasteiger partial charge in [-0.1, -0.05) is 41.9 Å². The van der Waals surface area contributed by atoms with Gasteiger partial charge in [0.1, 0.15) is 10.7 Å². The molecule has 1 aliphatic heterocycles. The van der Waals surface area contributed by atoms with Crippen molar-refractivity contribution >= 4 is 17.4 Å². The van der Waals surface area contributed by atoms with Crippen molar-refractivity contribution in [3.05, 3.63) is 46.6 Å². The van der Waals surface area contributed by atoms with Gasteiger partial charge in [-0.25, -0.2) is 0 Å². The van der Waals surface area contributed by atoms with E-state index in [2.05, 4.69) is 5.32 Å². The average molecular weight is 295 g/mol. The number of halogens is 1. The third-order valence-electron chi connectivity index (χ3n) is 3.56. The summed E-state index contributed by atoms with van der Waals surface area (Å²) in [4.78, 5) is 12.4. The zero-order chi connectivity index (χ0) is 15.1. The Hall–Kier alpha value is -1.36. The van der Waals surface area contributed by atoms with E-state index in [9.17, 15) is 10.0 Å². The van der Waals surface area contributed by atoms with Gasteiger partial charge in [0.2, 0.25) is 5.78 Å². The van der Waals surface area contributed by atoms with Crippen LogP contribution in [0.15, 0.2) is 41.1 Å². The van der Waals surface area contributed by atoms with Gasteiger partial charge in [0.25, 0.3) is 0 Å². The van der Waals surface area contributed by atoms with E-state index in [4.69, 9.17) is 11.6 Å². The number of hydrogen-bond acceptors (Lipinski definition) is 4. The van der Waals surface area contributed by atoms with Gasteiger partial charge in [0.15, 0.2) is 0 Å². The number of allylic oxidation sites excluding steroid dienone is 1. The van der Waals surface area contributed by atoms with Crippen LogP contribution >= 0.6 is 11.6 Å². The molecule has 0 atom stereocenters. The second kappa shape index (κ2) is 4.88. The molecule has 2 N–H and O–H groups in total. The van der Waals surface area contributed by atoms with Crippen molar-refractivity contribution < 1.29 is 10.0 Å². The maximum atomic E-state index is 12.4. The minimum Gasteiger partial charge on any atom is -0.366 e. The largest absolute Gasteiger partial charge is 0.366 e. The van der Waals surface area contributed by atoms with Crippen LogP contribution in [0.2, 0.25) is 0 Å². The lowest BCUT2D eigenvalue weighted by atomic mass is 9.99. The van der Waals surface area contributed by atoms with Gasteiger partial charge in [-0.15, -0.1) is 0 Å². The Morgan fingerprint density at radius 1 is 1.20 bits per heavy atom. The smallest absolute Gasteiger partial charge is 0.206 e. The first kappa shape index (κ1) is 15.0. The SMILES string of the molecule is CC1(C)N/C(=C(/Cl)C(=O)c2ccccc2)C(C)(C)N1O. The van der Waals surface area contributed by atoms with Crippen molar-refractivity contribution in [3.63, 3.8) is 0 Å². The lowest BCUT2D eigenvalue weighted by Crippen LogP contribution is -2.48. The van der Waals surface area contributed by atoms with Crippen LogP contribution in [0.25, 0.3) is 0 Å². The van der Waals surface area contributed by atoms with Gasteiger partial charge in [-0.2, -0.15) is 5.06 Å². The van der Waals surface area contributed by atoms with E-state index in [0.717, 1.165) is 0 Å². The topological polar surface area (TPSA) is 52.6 Å². The highest BCUT2D eigenvalue weighted by molar-refractivity contribution is 6.45. The van der Waals surface area contributed by atoms with Gasteiger partial charge in [0.05, 0.1) is 11.2 Å². The highest BCUT2D eigenvalue weighted by Crippen LogP contribution is 2.38. The Morgan fingerprint density at radius 2 is 1.75 bits per heavy atom. The third-order valence-corrected chi connectivity index (χ3v) is 3.92. The molecule has 0 aromatic heterocycles. The molecule has 1 fully saturated rings.